The first-order valence-corrected chi connectivity index (χ1v) is 8.00. The van der Waals surface area contributed by atoms with Crippen molar-refractivity contribution in [3.05, 3.63) is 60.4 Å². The van der Waals surface area contributed by atoms with Gasteiger partial charge in [-0.2, -0.15) is 0 Å². The van der Waals surface area contributed by atoms with E-state index in [0.717, 1.165) is 24.9 Å². The van der Waals surface area contributed by atoms with Gasteiger partial charge in [0.1, 0.15) is 0 Å². The van der Waals surface area contributed by atoms with Crippen molar-refractivity contribution in [3.63, 3.8) is 0 Å². The number of benzene rings is 1. The minimum Gasteiger partial charge on any atom is -0.325 e. The van der Waals surface area contributed by atoms with E-state index in [4.69, 9.17) is 0 Å². The molecule has 1 aliphatic rings. The van der Waals surface area contributed by atoms with Gasteiger partial charge in [0, 0.05) is 12.6 Å². The summed E-state index contributed by atoms with van der Waals surface area (Å²) in [6.07, 6.45) is 9.73. The average molecular weight is 294 g/mol. The molecule has 0 spiro atoms. The molecule has 0 unspecified atom stereocenters. The molecule has 22 heavy (non-hydrogen) atoms. The lowest BCUT2D eigenvalue weighted by Crippen LogP contribution is -2.27. The second-order valence-corrected chi connectivity index (χ2v) is 6.34. The van der Waals surface area contributed by atoms with Crippen molar-refractivity contribution in [1.82, 2.24) is 4.98 Å². The SMILES string of the molecule is O=C(CC1(Cc2ccccc2)CCCC1)Nc1cccnc1. The Kier molecular flexibility index (Phi) is 4.52. The molecule has 1 aromatic carbocycles. The van der Waals surface area contributed by atoms with Crippen LogP contribution in [-0.2, 0) is 11.2 Å². The fourth-order valence-corrected chi connectivity index (χ4v) is 3.55. The minimum absolute atomic E-state index is 0.103. The molecule has 0 saturated heterocycles. The minimum atomic E-state index is 0.103. The standard InChI is InChI=1S/C19H22N2O/c22-18(21-17-9-6-12-20-15-17)14-19(10-4-5-11-19)13-16-7-2-1-3-8-16/h1-3,6-9,12,15H,4-5,10-11,13-14H2,(H,21,22). The molecule has 1 aliphatic carbocycles. The van der Waals surface area contributed by atoms with Crippen LogP contribution in [0, 0.1) is 5.41 Å². The highest BCUT2D eigenvalue weighted by Gasteiger charge is 2.36. The molecule has 0 aliphatic heterocycles. The summed E-state index contributed by atoms with van der Waals surface area (Å²) in [6.45, 7) is 0. The van der Waals surface area contributed by atoms with Gasteiger partial charge in [0.05, 0.1) is 11.9 Å². The molecule has 1 amide bonds. The number of carbonyl (C=O) groups excluding carboxylic acids is 1. The largest absolute Gasteiger partial charge is 0.325 e. The molecule has 114 valence electrons. The molecule has 1 fully saturated rings. The Hall–Kier alpha value is -2.16. The molecule has 3 nitrogen and oxygen atoms in total. The Morgan fingerprint density at radius 3 is 2.55 bits per heavy atom. The van der Waals surface area contributed by atoms with Crippen molar-refractivity contribution >= 4 is 11.6 Å². The molecule has 0 radical (unpaired) electrons. The predicted molar refractivity (Wildman–Crippen MR) is 88.5 cm³/mol. The third-order valence-electron chi connectivity index (χ3n) is 4.57. The Bertz CT molecular complexity index is 604. The highest BCUT2D eigenvalue weighted by atomic mass is 16.1. The zero-order chi connectivity index (χ0) is 15.3. The number of carbonyl (C=O) groups is 1. The van der Waals surface area contributed by atoms with Gasteiger partial charge >= 0.3 is 0 Å². The fourth-order valence-electron chi connectivity index (χ4n) is 3.55. The van der Waals surface area contributed by atoms with Gasteiger partial charge < -0.3 is 5.32 Å². The molecule has 3 heteroatoms. The topological polar surface area (TPSA) is 42.0 Å². The van der Waals surface area contributed by atoms with Gasteiger partial charge in [0.2, 0.25) is 5.91 Å². The van der Waals surface area contributed by atoms with E-state index in [2.05, 4.69) is 34.6 Å². The fraction of sp³-hybridized carbons (Fsp3) is 0.368. The highest BCUT2D eigenvalue weighted by Crippen LogP contribution is 2.44. The highest BCUT2D eigenvalue weighted by molar-refractivity contribution is 5.91. The summed E-state index contributed by atoms with van der Waals surface area (Å²) in [5.74, 6) is 0.103. The maximum absolute atomic E-state index is 12.4. The second kappa shape index (κ2) is 6.73. The summed E-state index contributed by atoms with van der Waals surface area (Å²) in [5.41, 5.74) is 2.23. The van der Waals surface area contributed by atoms with E-state index in [1.54, 1.807) is 12.4 Å². The molecule has 0 bridgehead atoms. The van der Waals surface area contributed by atoms with Crippen LogP contribution in [0.2, 0.25) is 0 Å². The van der Waals surface area contributed by atoms with Crippen LogP contribution in [0.3, 0.4) is 0 Å². The molecular weight excluding hydrogens is 272 g/mol. The van der Waals surface area contributed by atoms with Crippen LogP contribution in [-0.4, -0.2) is 10.9 Å². The van der Waals surface area contributed by atoms with Gasteiger partial charge in [-0.3, -0.25) is 9.78 Å². The number of nitrogens with zero attached hydrogens (tertiary/aromatic N) is 1. The number of rotatable bonds is 5. The van der Waals surface area contributed by atoms with E-state index in [0.29, 0.717) is 6.42 Å². The first-order valence-electron chi connectivity index (χ1n) is 8.00. The van der Waals surface area contributed by atoms with Crippen LogP contribution in [0.15, 0.2) is 54.9 Å². The Balaban J connectivity index is 1.67. The van der Waals surface area contributed by atoms with Crippen molar-refractivity contribution in [2.24, 2.45) is 5.41 Å². The molecule has 0 atom stereocenters. The van der Waals surface area contributed by atoms with Crippen LogP contribution in [0.5, 0.6) is 0 Å². The molecule has 1 saturated carbocycles. The number of aromatic nitrogens is 1. The Morgan fingerprint density at radius 2 is 1.86 bits per heavy atom. The molecule has 3 rings (SSSR count). The monoisotopic (exact) mass is 294 g/mol. The summed E-state index contributed by atoms with van der Waals surface area (Å²) >= 11 is 0. The van der Waals surface area contributed by atoms with E-state index in [-0.39, 0.29) is 11.3 Å². The van der Waals surface area contributed by atoms with E-state index in [9.17, 15) is 4.79 Å². The van der Waals surface area contributed by atoms with E-state index in [1.807, 2.05) is 18.2 Å². The van der Waals surface area contributed by atoms with Crippen LogP contribution >= 0.6 is 0 Å². The second-order valence-electron chi connectivity index (χ2n) is 6.34. The molecule has 1 heterocycles. The van der Waals surface area contributed by atoms with Crippen molar-refractivity contribution < 1.29 is 4.79 Å². The summed E-state index contributed by atoms with van der Waals surface area (Å²) in [4.78, 5) is 16.5. The van der Waals surface area contributed by atoms with E-state index in [1.165, 1.54) is 18.4 Å². The lowest BCUT2D eigenvalue weighted by Gasteiger charge is -2.28. The van der Waals surface area contributed by atoms with E-state index < -0.39 is 0 Å². The van der Waals surface area contributed by atoms with Crippen LogP contribution < -0.4 is 5.32 Å². The number of pyridine rings is 1. The molecular formula is C19H22N2O. The van der Waals surface area contributed by atoms with Gasteiger partial charge in [-0.05, 0) is 42.4 Å². The van der Waals surface area contributed by atoms with Crippen molar-refractivity contribution in [2.75, 3.05) is 5.32 Å². The third-order valence-corrected chi connectivity index (χ3v) is 4.57. The van der Waals surface area contributed by atoms with Gasteiger partial charge in [-0.1, -0.05) is 43.2 Å². The lowest BCUT2D eigenvalue weighted by molar-refractivity contribution is -0.118. The van der Waals surface area contributed by atoms with Crippen LogP contribution in [0.4, 0.5) is 5.69 Å². The number of hydrogen-bond donors (Lipinski definition) is 1. The van der Waals surface area contributed by atoms with Gasteiger partial charge in [0.25, 0.3) is 0 Å². The van der Waals surface area contributed by atoms with Crippen LogP contribution in [0.1, 0.15) is 37.7 Å². The summed E-state index contributed by atoms with van der Waals surface area (Å²) in [5, 5.41) is 2.98. The predicted octanol–water partition coefficient (Wildman–Crippen LogP) is 4.21. The quantitative estimate of drug-likeness (QED) is 0.897. The molecule has 2 aromatic rings. The van der Waals surface area contributed by atoms with Crippen molar-refractivity contribution in [3.8, 4) is 0 Å². The van der Waals surface area contributed by atoms with Gasteiger partial charge in [-0.15, -0.1) is 0 Å². The normalized spacial score (nSPS) is 16.4. The zero-order valence-electron chi connectivity index (χ0n) is 12.8. The Labute approximate surface area is 131 Å². The van der Waals surface area contributed by atoms with Crippen molar-refractivity contribution in [2.45, 2.75) is 38.5 Å². The Morgan fingerprint density at radius 1 is 1.09 bits per heavy atom. The summed E-state index contributed by atoms with van der Waals surface area (Å²) in [6, 6.07) is 14.2. The number of hydrogen-bond acceptors (Lipinski definition) is 2. The third kappa shape index (κ3) is 3.73. The smallest absolute Gasteiger partial charge is 0.224 e. The maximum atomic E-state index is 12.4. The van der Waals surface area contributed by atoms with Crippen LogP contribution in [0.25, 0.3) is 0 Å². The van der Waals surface area contributed by atoms with Gasteiger partial charge in [0.15, 0.2) is 0 Å². The first-order chi connectivity index (χ1) is 10.8. The molecule has 1 N–H and O–H groups in total. The average Bonchev–Trinajstić information content (AvgIpc) is 2.97. The summed E-state index contributed by atoms with van der Waals surface area (Å²) in [7, 11) is 0. The summed E-state index contributed by atoms with van der Waals surface area (Å²) < 4.78 is 0. The lowest BCUT2D eigenvalue weighted by atomic mass is 9.77. The van der Waals surface area contributed by atoms with E-state index >= 15 is 0 Å². The first kappa shape index (κ1) is 14.8. The zero-order valence-corrected chi connectivity index (χ0v) is 12.8. The molecule has 1 aromatic heterocycles. The van der Waals surface area contributed by atoms with Crippen molar-refractivity contribution in [1.29, 1.82) is 0 Å². The maximum Gasteiger partial charge on any atom is 0.224 e. The number of anilines is 1. The number of nitrogens with one attached hydrogen (secondary N) is 1. The van der Waals surface area contributed by atoms with Gasteiger partial charge in [-0.25, -0.2) is 0 Å². The number of amides is 1.